The number of amides is 2. The molecule has 19 heavy (non-hydrogen) atoms. The van der Waals surface area contributed by atoms with Crippen molar-refractivity contribution in [1.82, 2.24) is 21.3 Å². The third kappa shape index (κ3) is 6.78. The van der Waals surface area contributed by atoms with E-state index in [1.807, 2.05) is 0 Å². The van der Waals surface area contributed by atoms with Gasteiger partial charge in [0.2, 0.25) is 0 Å². The van der Waals surface area contributed by atoms with Crippen LogP contribution < -0.4 is 21.3 Å². The summed E-state index contributed by atoms with van der Waals surface area (Å²) in [5.41, 5.74) is 0. The van der Waals surface area contributed by atoms with Gasteiger partial charge in [-0.3, -0.25) is 0 Å². The van der Waals surface area contributed by atoms with E-state index in [4.69, 9.17) is 0 Å². The minimum Gasteiger partial charge on any atom is -0.338 e. The Morgan fingerprint density at radius 3 is 2.74 bits per heavy atom. The van der Waals surface area contributed by atoms with Crippen LogP contribution in [0.15, 0.2) is 0 Å². The monoisotopic (exact) mass is 270 g/mol. The molecule has 5 nitrogen and oxygen atoms in total. The molecule has 0 aromatic carbocycles. The van der Waals surface area contributed by atoms with Crippen molar-refractivity contribution in [3.8, 4) is 0 Å². The Bertz CT molecular complexity index is 242. The van der Waals surface area contributed by atoms with Crippen molar-refractivity contribution in [2.24, 2.45) is 0 Å². The summed E-state index contributed by atoms with van der Waals surface area (Å²) in [5, 5.41) is 12.8. The first-order valence-electron chi connectivity index (χ1n) is 7.76. The van der Waals surface area contributed by atoms with Crippen molar-refractivity contribution in [2.45, 2.75) is 58.0 Å². The molecular weight excluding hydrogens is 240 g/mol. The Morgan fingerprint density at radius 1 is 1.26 bits per heavy atom. The Balaban J connectivity index is 2.17. The minimum absolute atomic E-state index is 0.0317. The number of rotatable bonds is 8. The minimum atomic E-state index is -0.0317. The molecule has 0 spiro atoms. The van der Waals surface area contributed by atoms with Gasteiger partial charge in [-0.25, -0.2) is 4.79 Å². The fraction of sp³-hybridized carbons (Fsp3) is 0.929. The highest BCUT2D eigenvalue weighted by atomic mass is 16.2. The molecule has 112 valence electrons. The maximum absolute atomic E-state index is 11.8. The van der Waals surface area contributed by atoms with Gasteiger partial charge in [0, 0.05) is 38.3 Å². The van der Waals surface area contributed by atoms with Gasteiger partial charge >= 0.3 is 6.03 Å². The molecule has 0 aromatic rings. The lowest BCUT2D eigenvalue weighted by Gasteiger charge is -2.31. The quantitative estimate of drug-likeness (QED) is 0.501. The van der Waals surface area contributed by atoms with Crippen LogP contribution in [0, 0.1) is 0 Å². The number of nitrogens with one attached hydrogen (secondary N) is 4. The van der Waals surface area contributed by atoms with Gasteiger partial charge in [0.25, 0.3) is 0 Å². The second-order valence-corrected chi connectivity index (χ2v) is 5.24. The first kappa shape index (κ1) is 16.2. The molecule has 2 amide bonds. The highest BCUT2D eigenvalue weighted by Gasteiger charge is 2.22. The van der Waals surface area contributed by atoms with E-state index in [0.717, 1.165) is 39.0 Å². The van der Waals surface area contributed by atoms with E-state index in [0.29, 0.717) is 6.04 Å². The molecule has 1 saturated heterocycles. The van der Waals surface area contributed by atoms with Crippen molar-refractivity contribution in [1.29, 1.82) is 0 Å². The highest BCUT2D eigenvalue weighted by Crippen LogP contribution is 2.01. The van der Waals surface area contributed by atoms with Crippen molar-refractivity contribution >= 4 is 6.03 Å². The van der Waals surface area contributed by atoms with Crippen LogP contribution in [0.5, 0.6) is 0 Å². The normalized spacial score (nSPS) is 20.8. The van der Waals surface area contributed by atoms with Crippen LogP contribution in [0.1, 0.15) is 46.0 Å². The summed E-state index contributed by atoms with van der Waals surface area (Å²) in [7, 11) is 0. The number of hydrogen-bond acceptors (Lipinski definition) is 3. The number of unbranched alkanes of at least 4 members (excludes halogenated alkanes) is 3. The summed E-state index contributed by atoms with van der Waals surface area (Å²) in [6.45, 7) is 7.99. The van der Waals surface area contributed by atoms with E-state index in [1.165, 1.54) is 19.3 Å². The predicted molar refractivity (Wildman–Crippen MR) is 79.4 cm³/mol. The van der Waals surface area contributed by atoms with Crippen molar-refractivity contribution < 1.29 is 4.79 Å². The van der Waals surface area contributed by atoms with Crippen molar-refractivity contribution in [3.63, 3.8) is 0 Å². The number of carbonyl (C=O) groups is 1. The summed E-state index contributed by atoms with van der Waals surface area (Å²) in [6.07, 6.45) is 5.69. The number of urea groups is 1. The maximum atomic E-state index is 11.8. The van der Waals surface area contributed by atoms with Gasteiger partial charge in [0.15, 0.2) is 0 Å². The Kier molecular flexibility index (Phi) is 8.58. The second-order valence-electron chi connectivity index (χ2n) is 5.24. The molecule has 1 fully saturated rings. The summed E-state index contributed by atoms with van der Waals surface area (Å²) in [4.78, 5) is 11.8. The van der Waals surface area contributed by atoms with Gasteiger partial charge < -0.3 is 21.3 Å². The highest BCUT2D eigenvalue weighted by molar-refractivity contribution is 5.74. The van der Waals surface area contributed by atoms with Crippen LogP contribution in [0.25, 0.3) is 0 Å². The fourth-order valence-corrected chi connectivity index (χ4v) is 2.42. The second kappa shape index (κ2) is 10.0. The van der Waals surface area contributed by atoms with Gasteiger partial charge in [-0.1, -0.05) is 33.1 Å². The molecule has 0 aliphatic carbocycles. The smallest absolute Gasteiger partial charge is 0.315 e. The lowest BCUT2D eigenvalue weighted by atomic mass is 10.0. The third-order valence-corrected chi connectivity index (χ3v) is 3.63. The van der Waals surface area contributed by atoms with Gasteiger partial charge in [-0.15, -0.1) is 0 Å². The SMILES string of the molecule is CCCCCCNC(=O)NC(CC)C1CNCCN1. The maximum Gasteiger partial charge on any atom is 0.315 e. The van der Waals surface area contributed by atoms with Gasteiger partial charge in [-0.2, -0.15) is 0 Å². The van der Waals surface area contributed by atoms with Gasteiger partial charge in [0.05, 0.1) is 0 Å². The van der Waals surface area contributed by atoms with E-state index in [2.05, 4.69) is 35.1 Å². The molecule has 0 bridgehead atoms. The molecule has 2 atom stereocenters. The number of hydrogen-bond donors (Lipinski definition) is 4. The molecule has 1 aliphatic rings. The number of carbonyl (C=O) groups excluding carboxylic acids is 1. The van der Waals surface area contributed by atoms with Crippen LogP contribution in [-0.4, -0.2) is 44.3 Å². The molecular formula is C14H30N4O. The van der Waals surface area contributed by atoms with Gasteiger partial charge in [0.1, 0.15) is 0 Å². The Labute approximate surface area is 117 Å². The lowest BCUT2D eigenvalue weighted by molar-refractivity contribution is 0.229. The zero-order valence-corrected chi connectivity index (χ0v) is 12.4. The van der Waals surface area contributed by atoms with Crippen LogP contribution in [0.2, 0.25) is 0 Å². The molecule has 1 heterocycles. The standard InChI is InChI=1S/C14H30N4O/c1-3-5-6-7-8-17-14(19)18-12(4-2)13-11-15-9-10-16-13/h12-13,15-16H,3-11H2,1-2H3,(H2,17,18,19). The molecule has 4 N–H and O–H groups in total. The van der Waals surface area contributed by atoms with Crippen LogP contribution >= 0.6 is 0 Å². The molecule has 1 aliphatic heterocycles. The molecule has 0 radical (unpaired) electrons. The first-order chi connectivity index (χ1) is 9.27. The molecule has 2 unspecified atom stereocenters. The van der Waals surface area contributed by atoms with Gasteiger partial charge in [-0.05, 0) is 12.8 Å². The topological polar surface area (TPSA) is 65.2 Å². The summed E-state index contributed by atoms with van der Waals surface area (Å²) >= 11 is 0. The zero-order chi connectivity index (χ0) is 13.9. The first-order valence-corrected chi connectivity index (χ1v) is 7.76. The summed E-state index contributed by atoms with van der Waals surface area (Å²) in [6, 6.07) is 0.503. The molecule has 5 heteroatoms. The van der Waals surface area contributed by atoms with E-state index in [9.17, 15) is 4.79 Å². The van der Waals surface area contributed by atoms with E-state index >= 15 is 0 Å². The van der Waals surface area contributed by atoms with Crippen LogP contribution in [0.4, 0.5) is 4.79 Å². The fourth-order valence-electron chi connectivity index (χ4n) is 2.42. The lowest BCUT2D eigenvalue weighted by Crippen LogP contribution is -2.59. The average Bonchev–Trinajstić information content (AvgIpc) is 2.45. The molecule has 1 rings (SSSR count). The zero-order valence-electron chi connectivity index (χ0n) is 12.4. The Morgan fingerprint density at radius 2 is 2.11 bits per heavy atom. The van der Waals surface area contributed by atoms with E-state index < -0.39 is 0 Å². The van der Waals surface area contributed by atoms with Crippen LogP contribution in [-0.2, 0) is 0 Å². The van der Waals surface area contributed by atoms with Crippen molar-refractivity contribution in [3.05, 3.63) is 0 Å². The van der Waals surface area contributed by atoms with Crippen LogP contribution in [0.3, 0.4) is 0 Å². The number of piperazine rings is 1. The molecule has 0 saturated carbocycles. The predicted octanol–water partition coefficient (Wildman–Crippen LogP) is 1.21. The third-order valence-electron chi connectivity index (χ3n) is 3.63. The summed E-state index contributed by atoms with van der Waals surface area (Å²) in [5.74, 6) is 0. The largest absolute Gasteiger partial charge is 0.338 e. The Hall–Kier alpha value is -0.810. The summed E-state index contributed by atoms with van der Waals surface area (Å²) < 4.78 is 0. The average molecular weight is 270 g/mol. The van der Waals surface area contributed by atoms with E-state index in [-0.39, 0.29) is 12.1 Å². The van der Waals surface area contributed by atoms with Crippen molar-refractivity contribution in [2.75, 3.05) is 26.2 Å². The van der Waals surface area contributed by atoms with E-state index in [1.54, 1.807) is 0 Å². The molecule has 0 aromatic heterocycles.